The van der Waals surface area contributed by atoms with Crippen molar-refractivity contribution in [2.24, 2.45) is 5.92 Å². The Morgan fingerprint density at radius 2 is 2.30 bits per heavy atom. The Labute approximate surface area is 123 Å². The van der Waals surface area contributed by atoms with E-state index in [1.54, 1.807) is 6.07 Å². The lowest BCUT2D eigenvalue weighted by Gasteiger charge is -2.47. The maximum atomic E-state index is 12.5. The van der Waals surface area contributed by atoms with Crippen LogP contribution in [0.1, 0.15) is 46.7 Å². The minimum absolute atomic E-state index is 0.0717. The molecule has 0 aromatic carbocycles. The number of piperidine rings is 1. The van der Waals surface area contributed by atoms with Gasteiger partial charge in [-0.15, -0.1) is 11.3 Å². The van der Waals surface area contributed by atoms with Gasteiger partial charge in [0, 0.05) is 29.6 Å². The predicted molar refractivity (Wildman–Crippen MR) is 80.9 cm³/mol. The van der Waals surface area contributed by atoms with Gasteiger partial charge >= 0.3 is 0 Å². The average Bonchev–Trinajstić information content (AvgIpc) is 2.77. The summed E-state index contributed by atoms with van der Waals surface area (Å²) >= 11 is 1.47. The number of aliphatic hydroxyl groups is 1. The first-order valence-corrected chi connectivity index (χ1v) is 8.19. The molecule has 0 radical (unpaired) electrons. The smallest absolute Gasteiger partial charge is 0.264 e. The van der Waals surface area contributed by atoms with Gasteiger partial charge in [0.15, 0.2) is 0 Å². The fourth-order valence-electron chi connectivity index (χ4n) is 3.51. The molecule has 1 aromatic rings. The lowest BCUT2D eigenvalue weighted by atomic mass is 9.71. The van der Waals surface area contributed by atoms with Crippen molar-refractivity contribution in [3.63, 3.8) is 0 Å². The maximum Gasteiger partial charge on any atom is 0.264 e. The highest BCUT2D eigenvalue weighted by Crippen LogP contribution is 2.40. The number of nitrogens with zero attached hydrogens (tertiary/aromatic N) is 1. The minimum atomic E-state index is -0.528. The third kappa shape index (κ3) is 2.33. The van der Waals surface area contributed by atoms with E-state index >= 15 is 0 Å². The average molecular weight is 294 g/mol. The van der Waals surface area contributed by atoms with Crippen LogP contribution in [-0.2, 0) is 0 Å². The molecule has 5 heteroatoms. The summed E-state index contributed by atoms with van der Waals surface area (Å²) in [4.78, 5) is 16.2. The largest absolute Gasteiger partial charge is 0.398 e. The van der Waals surface area contributed by atoms with Crippen molar-refractivity contribution in [2.75, 3.05) is 18.8 Å². The number of anilines is 1. The first-order valence-electron chi connectivity index (χ1n) is 7.37. The summed E-state index contributed by atoms with van der Waals surface area (Å²) < 4.78 is 0. The number of carbonyl (C=O) groups excluding carboxylic acids is 1. The summed E-state index contributed by atoms with van der Waals surface area (Å²) in [5.74, 6) is 0.315. The van der Waals surface area contributed by atoms with E-state index in [0.717, 1.165) is 29.0 Å². The number of thiophene rings is 1. The summed E-state index contributed by atoms with van der Waals surface area (Å²) in [5, 5.41) is 10.7. The van der Waals surface area contributed by atoms with Crippen LogP contribution in [0.25, 0.3) is 0 Å². The van der Waals surface area contributed by atoms with Gasteiger partial charge in [-0.05, 0) is 32.3 Å². The van der Waals surface area contributed by atoms with Gasteiger partial charge < -0.3 is 15.7 Å². The summed E-state index contributed by atoms with van der Waals surface area (Å²) in [7, 11) is 0. The number of hydrogen-bond donors (Lipinski definition) is 2. The van der Waals surface area contributed by atoms with Crippen LogP contribution in [0.5, 0.6) is 0 Å². The number of hydrogen-bond acceptors (Lipinski definition) is 4. The van der Waals surface area contributed by atoms with Crippen molar-refractivity contribution in [1.29, 1.82) is 0 Å². The van der Waals surface area contributed by atoms with Crippen LogP contribution < -0.4 is 5.73 Å². The number of likely N-dealkylation sites (tertiary alicyclic amines) is 1. The Kier molecular flexibility index (Phi) is 3.50. The van der Waals surface area contributed by atoms with Gasteiger partial charge in [-0.1, -0.05) is 12.8 Å². The lowest BCUT2D eigenvalue weighted by molar-refractivity contribution is -0.0885. The number of nitrogen functional groups attached to an aromatic ring is 1. The number of aryl methyl sites for hydroxylation is 1. The van der Waals surface area contributed by atoms with Crippen LogP contribution in [0.4, 0.5) is 5.69 Å². The number of fused-ring (bicyclic) bond motifs is 1. The fraction of sp³-hybridized carbons (Fsp3) is 0.667. The van der Waals surface area contributed by atoms with E-state index in [2.05, 4.69) is 0 Å². The van der Waals surface area contributed by atoms with Gasteiger partial charge in [0.05, 0.1) is 10.5 Å². The van der Waals surface area contributed by atoms with Crippen LogP contribution in [0, 0.1) is 12.8 Å². The molecule has 1 aromatic heterocycles. The molecular weight excluding hydrogens is 272 g/mol. The molecule has 1 aliphatic carbocycles. The molecule has 2 heterocycles. The van der Waals surface area contributed by atoms with E-state index in [1.807, 2.05) is 11.8 Å². The fourth-order valence-corrected chi connectivity index (χ4v) is 4.42. The van der Waals surface area contributed by atoms with E-state index in [1.165, 1.54) is 17.8 Å². The van der Waals surface area contributed by atoms with Crippen molar-refractivity contribution >= 4 is 22.9 Å². The highest BCUT2D eigenvalue weighted by molar-refractivity contribution is 7.14. The Hall–Kier alpha value is -1.07. The first-order chi connectivity index (χ1) is 9.49. The van der Waals surface area contributed by atoms with Crippen molar-refractivity contribution in [3.05, 3.63) is 15.8 Å². The van der Waals surface area contributed by atoms with Crippen molar-refractivity contribution in [1.82, 2.24) is 4.90 Å². The van der Waals surface area contributed by atoms with Crippen LogP contribution >= 0.6 is 11.3 Å². The predicted octanol–water partition coefficient (Wildman–Crippen LogP) is 2.41. The van der Waals surface area contributed by atoms with Crippen LogP contribution in [0.15, 0.2) is 6.07 Å². The molecular formula is C15H22N2O2S. The number of carbonyl (C=O) groups is 1. The second-order valence-electron chi connectivity index (χ2n) is 6.17. The van der Waals surface area contributed by atoms with E-state index in [4.69, 9.17) is 5.73 Å². The molecule has 1 amide bonds. The molecule has 0 spiro atoms. The SMILES string of the molecule is Cc1sc(C(=O)N2CCC3(O)CCCCC3C2)cc1N. The third-order valence-electron chi connectivity index (χ3n) is 4.88. The van der Waals surface area contributed by atoms with E-state index < -0.39 is 5.60 Å². The molecule has 3 rings (SSSR count). The van der Waals surface area contributed by atoms with Gasteiger partial charge in [-0.2, -0.15) is 0 Å². The number of nitrogens with two attached hydrogens (primary N) is 1. The van der Waals surface area contributed by atoms with Crippen molar-refractivity contribution in [2.45, 2.75) is 44.6 Å². The first kappa shape index (κ1) is 13.9. The highest BCUT2D eigenvalue weighted by Gasteiger charge is 2.43. The summed E-state index contributed by atoms with van der Waals surface area (Å²) in [5.41, 5.74) is 6.01. The Balaban J connectivity index is 1.74. The Morgan fingerprint density at radius 1 is 1.50 bits per heavy atom. The molecule has 2 atom stereocenters. The minimum Gasteiger partial charge on any atom is -0.398 e. The second-order valence-corrected chi connectivity index (χ2v) is 7.43. The normalized spacial score (nSPS) is 30.1. The molecule has 0 bridgehead atoms. The number of rotatable bonds is 1. The van der Waals surface area contributed by atoms with Gasteiger partial charge in [0.2, 0.25) is 0 Å². The Morgan fingerprint density at radius 3 is 3.00 bits per heavy atom. The third-order valence-corrected chi connectivity index (χ3v) is 5.94. The van der Waals surface area contributed by atoms with Crippen LogP contribution in [0.2, 0.25) is 0 Å². The van der Waals surface area contributed by atoms with Crippen molar-refractivity contribution in [3.8, 4) is 0 Å². The molecule has 2 fully saturated rings. The van der Waals surface area contributed by atoms with E-state index in [9.17, 15) is 9.90 Å². The topological polar surface area (TPSA) is 66.6 Å². The van der Waals surface area contributed by atoms with Gasteiger partial charge in [-0.25, -0.2) is 0 Å². The second kappa shape index (κ2) is 5.04. The van der Waals surface area contributed by atoms with E-state index in [-0.39, 0.29) is 11.8 Å². The Bertz CT molecular complexity index is 508. The molecule has 1 aliphatic heterocycles. The molecule has 1 saturated heterocycles. The highest BCUT2D eigenvalue weighted by atomic mass is 32.1. The lowest BCUT2D eigenvalue weighted by Crippen LogP contribution is -2.54. The quantitative estimate of drug-likeness (QED) is 0.836. The summed E-state index contributed by atoms with van der Waals surface area (Å²) in [6.45, 7) is 3.28. The van der Waals surface area contributed by atoms with Gasteiger partial charge in [-0.3, -0.25) is 4.79 Å². The zero-order valence-corrected chi connectivity index (χ0v) is 12.7. The molecule has 20 heavy (non-hydrogen) atoms. The van der Waals surface area contributed by atoms with Crippen LogP contribution in [-0.4, -0.2) is 34.6 Å². The zero-order valence-electron chi connectivity index (χ0n) is 11.9. The summed E-state index contributed by atoms with van der Waals surface area (Å²) in [6.07, 6.45) is 4.92. The molecule has 2 unspecified atom stereocenters. The standard InChI is InChI=1S/C15H22N2O2S/c1-10-12(16)8-13(20-10)14(18)17-7-6-15(19)5-3-2-4-11(15)9-17/h8,11,19H,2-7,9,16H2,1H3. The molecule has 1 saturated carbocycles. The number of amides is 1. The van der Waals surface area contributed by atoms with Gasteiger partial charge in [0.1, 0.15) is 0 Å². The zero-order chi connectivity index (χ0) is 14.3. The molecule has 4 nitrogen and oxygen atoms in total. The molecule has 3 N–H and O–H groups in total. The van der Waals surface area contributed by atoms with Crippen molar-refractivity contribution < 1.29 is 9.90 Å². The van der Waals surface area contributed by atoms with Crippen LogP contribution in [0.3, 0.4) is 0 Å². The molecule has 110 valence electrons. The van der Waals surface area contributed by atoms with Gasteiger partial charge in [0.25, 0.3) is 5.91 Å². The summed E-state index contributed by atoms with van der Waals surface area (Å²) in [6, 6.07) is 1.78. The maximum absolute atomic E-state index is 12.5. The monoisotopic (exact) mass is 294 g/mol. The molecule has 2 aliphatic rings. The van der Waals surface area contributed by atoms with E-state index in [0.29, 0.717) is 25.2 Å².